The van der Waals surface area contributed by atoms with Crippen LogP contribution >= 0.6 is 0 Å². The van der Waals surface area contributed by atoms with Crippen molar-refractivity contribution in [2.24, 2.45) is 0 Å². The minimum atomic E-state index is -0.673. The first kappa shape index (κ1) is 17.9. The van der Waals surface area contributed by atoms with Gasteiger partial charge in [0, 0.05) is 24.7 Å². The zero-order valence-corrected chi connectivity index (χ0v) is 13.7. The second-order valence-corrected chi connectivity index (χ2v) is 5.49. The van der Waals surface area contributed by atoms with E-state index in [1.54, 1.807) is 18.2 Å². The summed E-state index contributed by atoms with van der Waals surface area (Å²) in [4.78, 5) is 12.7. The molecule has 0 bridgehead atoms. The van der Waals surface area contributed by atoms with Gasteiger partial charge < -0.3 is 9.84 Å². The number of hydrogen-bond acceptors (Lipinski definition) is 5. The molecule has 0 aliphatic heterocycles. The lowest BCUT2D eigenvalue weighted by atomic mass is 10.1. The van der Waals surface area contributed by atoms with Crippen LogP contribution in [0.4, 0.5) is 5.69 Å². The van der Waals surface area contributed by atoms with Crippen LogP contribution in [0.2, 0.25) is 0 Å². The molecule has 1 N–H and O–H groups in total. The topological polar surface area (TPSA) is 75.8 Å². The van der Waals surface area contributed by atoms with Gasteiger partial charge in [-0.2, -0.15) is 0 Å². The Labute approximate surface area is 141 Å². The lowest BCUT2D eigenvalue weighted by Gasteiger charge is -2.23. The maximum atomic E-state index is 11.1. The number of hydrogen-bond donors (Lipinski definition) is 1. The number of aliphatic hydroxyl groups excluding tert-OH is 1. The smallest absolute Gasteiger partial charge is 0.273 e. The number of rotatable bonds is 9. The second kappa shape index (κ2) is 9.00. The maximum Gasteiger partial charge on any atom is 0.273 e. The van der Waals surface area contributed by atoms with Gasteiger partial charge in [-0.15, -0.1) is 0 Å². The van der Waals surface area contributed by atoms with Crippen LogP contribution in [0.15, 0.2) is 54.6 Å². The van der Waals surface area contributed by atoms with Crippen LogP contribution in [0.1, 0.15) is 12.5 Å². The predicted molar refractivity (Wildman–Crippen MR) is 92.0 cm³/mol. The van der Waals surface area contributed by atoms with Gasteiger partial charge in [0.1, 0.15) is 18.5 Å². The molecule has 2 aromatic rings. The van der Waals surface area contributed by atoms with Gasteiger partial charge in [-0.05, 0) is 18.7 Å². The lowest BCUT2D eigenvalue weighted by molar-refractivity contribution is -0.385. The van der Waals surface area contributed by atoms with Crippen molar-refractivity contribution in [1.82, 2.24) is 4.90 Å². The molecule has 1 atom stereocenters. The number of aliphatic hydroxyl groups is 1. The van der Waals surface area contributed by atoms with E-state index in [4.69, 9.17) is 4.74 Å². The molecule has 2 aromatic carbocycles. The summed E-state index contributed by atoms with van der Waals surface area (Å²) < 4.78 is 5.54. The molecular weight excluding hydrogens is 308 g/mol. The Hall–Kier alpha value is -2.44. The number of benzene rings is 2. The van der Waals surface area contributed by atoms with Gasteiger partial charge in [0.2, 0.25) is 0 Å². The van der Waals surface area contributed by atoms with Crippen molar-refractivity contribution in [3.8, 4) is 5.75 Å². The standard InChI is InChI=1S/C18H22N2O4/c1-2-19(12-15-8-6-7-11-18(15)20(22)23)13-16(21)14-24-17-9-4-3-5-10-17/h3-11,16,21H,2,12-14H2,1H3/t16-/m1/s1. The zero-order valence-electron chi connectivity index (χ0n) is 13.7. The van der Waals surface area contributed by atoms with Crippen LogP contribution < -0.4 is 4.74 Å². The van der Waals surface area contributed by atoms with Gasteiger partial charge in [-0.3, -0.25) is 15.0 Å². The van der Waals surface area contributed by atoms with E-state index in [2.05, 4.69) is 0 Å². The van der Waals surface area contributed by atoms with Gasteiger partial charge in [-0.1, -0.05) is 43.3 Å². The molecule has 0 aliphatic carbocycles. The molecule has 6 heteroatoms. The summed E-state index contributed by atoms with van der Waals surface area (Å²) in [5, 5.41) is 21.3. The van der Waals surface area contributed by atoms with Gasteiger partial charge >= 0.3 is 0 Å². The fourth-order valence-electron chi connectivity index (χ4n) is 2.43. The van der Waals surface area contributed by atoms with Crippen molar-refractivity contribution >= 4 is 5.69 Å². The molecule has 0 aliphatic rings. The average Bonchev–Trinajstić information content (AvgIpc) is 2.60. The van der Waals surface area contributed by atoms with E-state index in [1.807, 2.05) is 42.2 Å². The number of nitro benzene ring substituents is 1. The Balaban J connectivity index is 1.91. The van der Waals surface area contributed by atoms with Crippen LogP contribution in [-0.4, -0.2) is 40.7 Å². The highest BCUT2D eigenvalue weighted by Crippen LogP contribution is 2.19. The first-order valence-corrected chi connectivity index (χ1v) is 7.90. The molecule has 0 amide bonds. The van der Waals surface area contributed by atoms with Gasteiger partial charge in [0.05, 0.1) is 4.92 Å². The summed E-state index contributed by atoms with van der Waals surface area (Å²) in [5.41, 5.74) is 0.742. The van der Waals surface area contributed by atoms with E-state index in [-0.39, 0.29) is 17.2 Å². The van der Waals surface area contributed by atoms with Gasteiger partial charge in [0.15, 0.2) is 0 Å². The molecule has 0 radical (unpaired) electrons. The minimum Gasteiger partial charge on any atom is -0.491 e. The summed E-state index contributed by atoms with van der Waals surface area (Å²) in [5.74, 6) is 0.707. The molecule has 128 valence electrons. The molecular formula is C18H22N2O4. The average molecular weight is 330 g/mol. The molecule has 2 rings (SSSR count). The minimum absolute atomic E-state index is 0.103. The van der Waals surface area contributed by atoms with Crippen molar-refractivity contribution in [2.45, 2.75) is 19.6 Å². The zero-order chi connectivity index (χ0) is 17.4. The molecule has 6 nitrogen and oxygen atoms in total. The fraction of sp³-hybridized carbons (Fsp3) is 0.333. The van der Waals surface area contributed by atoms with Crippen molar-refractivity contribution in [3.05, 3.63) is 70.3 Å². The Bertz CT molecular complexity index is 648. The van der Waals surface area contributed by atoms with Crippen molar-refractivity contribution in [3.63, 3.8) is 0 Å². The summed E-state index contributed by atoms with van der Waals surface area (Å²) in [6.45, 7) is 3.61. The molecule has 0 heterocycles. The van der Waals surface area contributed by atoms with Crippen LogP contribution in [0.5, 0.6) is 5.75 Å². The number of nitrogens with zero attached hydrogens (tertiary/aromatic N) is 2. The van der Waals surface area contributed by atoms with E-state index < -0.39 is 6.10 Å². The van der Waals surface area contributed by atoms with E-state index >= 15 is 0 Å². The lowest BCUT2D eigenvalue weighted by Crippen LogP contribution is -2.35. The largest absolute Gasteiger partial charge is 0.491 e. The highest BCUT2D eigenvalue weighted by atomic mass is 16.6. The molecule has 24 heavy (non-hydrogen) atoms. The number of nitro groups is 1. The summed E-state index contributed by atoms with van der Waals surface area (Å²) >= 11 is 0. The van der Waals surface area contributed by atoms with E-state index in [9.17, 15) is 15.2 Å². The molecule has 0 saturated carbocycles. The quantitative estimate of drug-likeness (QED) is 0.565. The Morgan fingerprint density at radius 3 is 2.50 bits per heavy atom. The highest BCUT2D eigenvalue weighted by Gasteiger charge is 2.17. The molecule has 0 fully saturated rings. The molecule has 0 saturated heterocycles. The number of para-hydroxylation sites is 2. The third-order valence-corrected chi connectivity index (χ3v) is 3.68. The first-order valence-electron chi connectivity index (χ1n) is 7.90. The third kappa shape index (κ3) is 5.33. The summed E-state index contributed by atoms with van der Waals surface area (Å²) in [6, 6.07) is 16.0. The third-order valence-electron chi connectivity index (χ3n) is 3.68. The Kier molecular flexibility index (Phi) is 6.72. The normalized spacial score (nSPS) is 12.1. The fourth-order valence-corrected chi connectivity index (χ4v) is 2.43. The van der Waals surface area contributed by atoms with E-state index in [1.165, 1.54) is 6.07 Å². The number of likely N-dealkylation sites (N-methyl/N-ethyl adjacent to an activating group) is 1. The highest BCUT2D eigenvalue weighted by molar-refractivity contribution is 5.39. The Morgan fingerprint density at radius 2 is 1.83 bits per heavy atom. The molecule has 0 unspecified atom stereocenters. The summed E-state index contributed by atoms with van der Waals surface area (Å²) in [7, 11) is 0. The maximum absolute atomic E-state index is 11.1. The Morgan fingerprint density at radius 1 is 1.17 bits per heavy atom. The van der Waals surface area contributed by atoms with Crippen LogP contribution in [0.25, 0.3) is 0 Å². The van der Waals surface area contributed by atoms with E-state index in [0.717, 1.165) is 0 Å². The predicted octanol–water partition coefficient (Wildman–Crippen LogP) is 2.86. The van der Waals surface area contributed by atoms with E-state index in [0.29, 0.717) is 30.9 Å². The van der Waals surface area contributed by atoms with Crippen LogP contribution in [-0.2, 0) is 6.54 Å². The first-order chi connectivity index (χ1) is 11.6. The van der Waals surface area contributed by atoms with Crippen molar-refractivity contribution in [2.75, 3.05) is 19.7 Å². The summed E-state index contributed by atoms with van der Waals surface area (Å²) in [6.07, 6.45) is -0.673. The van der Waals surface area contributed by atoms with Crippen LogP contribution in [0, 0.1) is 10.1 Å². The van der Waals surface area contributed by atoms with Gasteiger partial charge in [-0.25, -0.2) is 0 Å². The SMILES string of the molecule is CCN(Cc1ccccc1[N+](=O)[O-])C[C@@H](O)COc1ccccc1. The second-order valence-electron chi connectivity index (χ2n) is 5.49. The van der Waals surface area contributed by atoms with Crippen LogP contribution in [0.3, 0.4) is 0 Å². The van der Waals surface area contributed by atoms with Crippen molar-refractivity contribution < 1.29 is 14.8 Å². The van der Waals surface area contributed by atoms with Crippen molar-refractivity contribution in [1.29, 1.82) is 0 Å². The van der Waals surface area contributed by atoms with Gasteiger partial charge in [0.25, 0.3) is 5.69 Å². The molecule has 0 aromatic heterocycles. The molecule has 0 spiro atoms. The monoisotopic (exact) mass is 330 g/mol. The number of ether oxygens (including phenoxy) is 1.